The van der Waals surface area contributed by atoms with E-state index in [0.717, 1.165) is 19.3 Å². The Hall–Kier alpha value is -1.09. The summed E-state index contributed by atoms with van der Waals surface area (Å²) in [6.45, 7) is 12.2. The van der Waals surface area contributed by atoms with Crippen molar-refractivity contribution in [2.75, 3.05) is 6.61 Å². The van der Waals surface area contributed by atoms with Gasteiger partial charge in [0.2, 0.25) is 0 Å². The lowest BCUT2D eigenvalue weighted by Crippen LogP contribution is -2.46. The van der Waals surface area contributed by atoms with E-state index in [9.17, 15) is 5.11 Å². The molecule has 0 amide bonds. The maximum Gasteiger partial charge on any atom is 0.119 e. The van der Waals surface area contributed by atoms with Gasteiger partial charge >= 0.3 is 0 Å². The van der Waals surface area contributed by atoms with Crippen LogP contribution in [-0.4, -0.2) is 23.5 Å². The molecule has 3 saturated carbocycles. The Kier molecular flexibility index (Phi) is 5.27. The summed E-state index contributed by atoms with van der Waals surface area (Å²) in [4.78, 5) is 5.64. The summed E-state index contributed by atoms with van der Waals surface area (Å²) in [6, 6.07) is 0. The molecule has 4 aliphatic carbocycles. The predicted molar refractivity (Wildman–Crippen MR) is 115 cm³/mol. The number of aliphatic hydroxyl groups is 1. The van der Waals surface area contributed by atoms with Crippen LogP contribution in [0.5, 0.6) is 0 Å². The molecular weight excluding hydrogens is 346 g/mol. The van der Waals surface area contributed by atoms with Gasteiger partial charge in [0, 0.05) is 5.92 Å². The first-order valence-electron chi connectivity index (χ1n) is 11.5. The molecule has 3 fully saturated rings. The summed E-state index contributed by atoms with van der Waals surface area (Å²) >= 11 is 0. The van der Waals surface area contributed by atoms with E-state index < -0.39 is 0 Å². The number of aliphatic hydroxyl groups excluding tert-OH is 1. The highest BCUT2D eigenvalue weighted by atomic mass is 16.6. The molecule has 0 aromatic heterocycles. The van der Waals surface area contributed by atoms with Crippen molar-refractivity contribution >= 4 is 5.71 Å². The van der Waals surface area contributed by atoms with Gasteiger partial charge in [0.1, 0.15) is 6.61 Å². The van der Waals surface area contributed by atoms with E-state index in [-0.39, 0.29) is 11.5 Å². The second kappa shape index (κ2) is 7.31. The van der Waals surface area contributed by atoms with Crippen molar-refractivity contribution in [1.82, 2.24) is 0 Å². The van der Waals surface area contributed by atoms with Gasteiger partial charge in [-0.15, -0.1) is 0 Å². The molecule has 4 aliphatic rings. The molecule has 0 saturated heterocycles. The number of oxime groups is 1. The minimum absolute atomic E-state index is 0.135. The summed E-state index contributed by atoms with van der Waals surface area (Å²) in [5, 5.41) is 14.7. The van der Waals surface area contributed by atoms with Crippen molar-refractivity contribution in [3.8, 4) is 0 Å². The van der Waals surface area contributed by atoms with Crippen LogP contribution in [0.2, 0.25) is 0 Å². The van der Waals surface area contributed by atoms with Gasteiger partial charge in [0.25, 0.3) is 0 Å². The first kappa shape index (κ1) is 20.2. The molecule has 156 valence electrons. The Morgan fingerprint density at radius 3 is 2.68 bits per heavy atom. The fraction of sp³-hybridized carbons (Fsp3) is 0.800. The molecule has 3 heteroatoms. The van der Waals surface area contributed by atoms with E-state index in [1.165, 1.54) is 37.0 Å². The van der Waals surface area contributed by atoms with Gasteiger partial charge in [-0.1, -0.05) is 56.1 Å². The lowest BCUT2D eigenvalue weighted by atomic mass is 9.50. The molecule has 0 aromatic rings. The minimum atomic E-state index is -0.135. The number of hydrogen-bond donors (Lipinski definition) is 1. The Balaban J connectivity index is 1.58. The van der Waals surface area contributed by atoms with Crippen molar-refractivity contribution in [1.29, 1.82) is 0 Å². The standard InChI is InChI=1S/C25H39NO2/c1-16(2)15-28-26-17(3)21-8-9-22-20-7-6-18-14-19(27)10-12-24(18,4)23(20)11-13-25(21,22)5/h6-7,16,19,21-23,27H,8-15H2,1-5H3/t19-,21+,22-,23-,24-,25+/m0/s1. The van der Waals surface area contributed by atoms with Gasteiger partial charge in [-0.3, -0.25) is 0 Å². The molecule has 28 heavy (non-hydrogen) atoms. The lowest BCUT2D eigenvalue weighted by Gasteiger charge is -2.54. The smallest absolute Gasteiger partial charge is 0.119 e. The topological polar surface area (TPSA) is 41.8 Å². The van der Waals surface area contributed by atoms with Crippen LogP contribution in [0.3, 0.4) is 0 Å². The second-order valence-electron chi connectivity index (χ2n) is 10.9. The van der Waals surface area contributed by atoms with Crippen LogP contribution in [0.15, 0.2) is 28.5 Å². The molecule has 0 spiro atoms. The molecule has 3 nitrogen and oxygen atoms in total. The van der Waals surface area contributed by atoms with Crippen LogP contribution in [0.25, 0.3) is 0 Å². The van der Waals surface area contributed by atoms with E-state index in [1.54, 1.807) is 5.57 Å². The van der Waals surface area contributed by atoms with Gasteiger partial charge in [0.15, 0.2) is 0 Å². The summed E-state index contributed by atoms with van der Waals surface area (Å²) in [5.41, 5.74) is 4.98. The Morgan fingerprint density at radius 1 is 1.14 bits per heavy atom. The Labute approximate surface area is 171 Å². The molecule has 0 bridgehead atoms. The van der Waals surface area contributed by atoms with E-state index in [2.05, 4.69) is 51.9 Å². The van der Waals surface area contributed by atoms with Crippen molar-refractivity contribution in [2.45, 2.75) is 85.7 Å². The Bertz CT molecular complexity index is 705. The summed E-state index contributed by atoms with van der Waals surface area (Å²) in [5.74, 6) is 2.40. The Morgan fingerprint density at radius 2 is 1.93 bits per heavy atom. The summed E-state index contributed by atoms with van der Waals surface area (Å²) in [6.07, 6.45) is 12.7. The maximum atomic E-state index is 10.2. The average molecular weight is 386 g/mol. The molecule has 6 atom stereocenters. The van der Waals surface area contributed by atoms with Crippen LogP contribution in [0, 0.1) is 34.5 Å². The third kappa shape index (κ3) is 3.18. The van der Waals surface area contributed by atoms with Crippen LogP contribution in [-0.2, 0) is 4.84 Å². The van der Waals surface area contributed by atoms with Crippen molar-refractivity contribution < 1.29 is 9.94 Å². The summed E-state index contributed by atoms with van der Waals surface area (Å²) in [7, 11) is 0. The third-order valence-corrected chi connectivity index (χ3v) is 8.67. The highest BCUT2D eigenvalue weighted by Gasteiger charge is 2.56. The lowest BCUT2D eigenvalue weighted by molar-refractivity contribution is 0.0519. The van der Waals surface area contributed by atoms with Crippen LogP contribution in [0.1, 0.15) is 79.6 Å². The average Bonchev–Trinajstić information content (AvgIpc) is 2.99. The molecule has 0 heterocycles. The van der Waals surface area contributed by atoms with E-state index in [0.29, 0.717) is 35.7 Å². The fourth-order valence-electron chi connectivity index (χ4n) is 7.02. The highest BCUT2D eigenvalue weighted by molar-refractivity contribution is 5.85. The number of rotatable bonds is 4. The third-order valence-electron chi connectivity index (χ3n) is 8.67. The second-order valence-corrected chi connectivity index (χ2v) is 10.9. The zero-order valence-electron chi connectivity index (χ0n) is 18.5. The van der Waals surface area contributed by atoms with Gasteiger partial charge in [0.05, 0.1) is 11.8 Å². The van der Waals surface area contributed by atoms with Gasteiger partial charge < -0.3 is 9.94 Å². The molecule has 0 unspecified atom stereocenters. The summed E-state index contributed by atoms with van der Waals surface area (Å²) < 4.78 is 0. The highest BCUT2D eigenvalue weighted by Crippen LogP contribution is 2.65. The van der Waals surface area contributed by atoms with Crippen molar-refractivity contribution in [3.05, 3.63) is 23.3 Å². The fourth-order valence-corrected chi connectivity index (χ4v) is 7.02. The molecule has 0 aromatic carbocycles. The number of fused-ring (bicyclic) bond motifs is 5. The minimum Gasteiger partial charge on any atom is -0.396 e. The molecule has 0 aliphatic heterocycles. The van der Waals surface area contributed by atoms with Crippen molar-refractivity contribution in [3.63, 3.8) is 0 Å². The molecule has 1 N–H and O–H groups in total. The van der Waals surface area contributed by atoms with Crippen LogP contribution >= 0.6 is 0 Å². The molecule has 0 radical (unpaired) electrons. The number of hydrogen-bond acceptors (Lipinski definition) is 3. The van der Waals surface area contributed by atoms with Gasteiger partial charge in [-0.25, -0.2) is 0 Å². The SMILES string of the molecule is CC(=NOCC(C)C)[C@H]1CC[C@H]2C3=CC=C4C[C@@H](O)CC[C@]4(C)[C@H]3CC[C@]12C. The molecule has 4 rings (SSSR count). The zero-order valence-corrected chi connectivity index (χ0v) is 18.5. The van der Waals surface area contributed by atoms with Gasteiger partial charge in [-0.05, 0) is 80.5 Å². The normalized spacial score (nSPS) is 43.0. The van der Waals surface area contributed by atoms with E-state index in [1.807, 2.05) is 0 Å². The van der Waals surface area contributed by atoms with E-state index >= 15 is 0 Å². The first-order valence-corrected chi connectivity index (χ1v) is 11.5. The van der Waals surface area contributed by atoms with Crippen molar-refractivity contribution in [2.24, 2.45) is 39.7 Å². The van der Waals surface area contributed by atoms with E-state index in [4.69, 9.17) is 4.84 Å². The van der Waals surface area contributed by atoms with Crippen LogP contribution in [0.4, 0.5) is 0 Å². The molecular formula is C25H39NO2. The van der Waals surface area contributed by atoms with Gasteiger partial charge in [-0.2, -0.15) is 0 Å². The largest absolute Gasteiger partial charge is 0.396 e. The zero-order chi connectivity index (χ0) is 20.1. The monoisotopic (exact) mass is 385 g/mol. The first-order chi connectivity index (χ1) is 13.3. The number of allylic oxidation sites excluding steroid dienone is 3. The van der Waals surface area contributed by atoms with Crippen LogP contribution < -0.4 is 0 Å². The maximum absolute atomic E-state index is 10.2. The predicted octanol–water partition coefficient (Wildman–Crippen LogP) is 5.89. The number of nitrogens with zero attached hydrogens (tertiary/aromatic N) is 1. The quantitative estimate of drug-likeness (QED) is 0.484.